The lowest BCUT2D eigenvalue weighted by atomic mass is 9.97. The largest absolute Gasteiger partial charge is 0.497 e. The highest BCUT2D eigenvalue weighted by Crippen LogP contribution is 2.21. The van der Waals surface area contributed by atoms with Gasteiger partial charge in [0.05, 0.1) is 12.9 Å². The highest BCUT2D eigenvalue weighted by molar-refractivity contribution is 7.89. The maximum Gasteiger partial charge on any atom is 0.220 e. The molecule has 1 rings (SSSR count). The zero-order valence-electron chi connectivity index (χ0n) is 12.5. The predicted molar refractivity (Wildman–Crippen MR) is 81.9 cm³/mol. The molecule has 7 heteroatoms. The quantitative estimate of drug-likeness (QED) is 0.745. The molecule has 21 heavy (non-hydrogen) atoms. The zero-order valence-corrected chi connectivity index (χ0v) is 13.4. The molecule has 0 heterocycles. The Morgan fingerprint density at radius 2 is 1.90 bits per heavy atom. The molecule has 0 bridgehead atoms. The Bertz CT molecular complexity index is 555. The zero-order chi connectivity index (χ0) is 15.9. The van der Waals surface area contributed by atoms with Gasteiger partial charge in [-0.05, 0) is 30.7 Å². The molecule has 2 N–H and O–H groups in total. The molecule has 0 saturated heterocycles. The summed E-state index contributed by atoms with van der Waals surface area (Å²) in [6, 6.07) is 7.54. The van der Waals surface area contributed by atoms with Crippen LogP contribution in [0.1, 0.15) is 24.8 Å². The number of rotatable bonds is 8. The molecule has 0 spiro atoms. The van der Waals surface area contributed by atoms with E-state index in [0.29, 0.717) is 6.42 Å². The molecule has 0 saturated carbocycles. The van der Waals surface area contributed by atoms with Crippen molar-refractivity contribution in [3.05, 3.63) is 29.8 Å². The van der Waals surface area contributed by atoms with Gasteiger partial charge in [-0.15, -0.1) is 0 Å². The fourth-order valence-corrected chi connectivity index (χ4v) is 2.40. The van der Waals surface area contributed by atoms with Crippen molar-refractivity contribution in [1.29, 1.82) is 0 Å². The Hall–Kier alpha value is -1.60. The fraction of sp³-hybridized carbons (Fsp3) is 0.500. The summed E-state index contributed by atoms with van der Waals surface area (Å²) >= 11 is 0. The number of hydrogen-bond acceptors (Lipinski definition) is 4. The van der Waals surface area contributed by atoms with E-state index in [1.54, 1.807) is 7.11 Å². The van der Waals surface area contributed by atoms with Crippen LogP contribution in [0.2, 0.25) is 0 Å². The lowest BCUT2D eigenvalue weighted by Crippen LogP contribution is -2.33. The number of sulfonamides is 1. The van der Waals surface area contributed by atoms with Crippen molar-refractivity contribution in [2.75, 3.05) is 26.5 Å². The summed E-state index contributed by atoms with van der Waals surface area (Å²) < 4.78 is 29.7. The van der Waals surface area contributed by atoms with E-state index in [0.717, 1.165) is 11.3 Å². The van der Waals surface area contributed by atoms with E-state index in [2.05, 4.69) is 10.0 Å². The lowest BCUT2D eigenvalue weighted by molar-refractivity contribution is -0.121. The smallest absolute Gasteiger partial charge is 0.220 e. The molecule has 118 valence electrons. The number of carbonyl (C=O) groups excluding carboxylic acids is 1. The van der Waals surface area contributed by atoms with Crippen LogP contribution in [0.5, 0.6) is 5.75 Å². The minimum atomic E-state index is -3.28. The van der Waals surface area contributed by atoms with Gasteiger partial charge in [0.1, 0.15) is 5.75 Å². The van der Waals surface area contributed by atoms with Gasteiger partial charge in [-0.2, -0.15) is 0 Å². The molecule has 0 aliphatic rings. The van der Waals surface area contributed by atoms with Gasteiger partial charge in [0.15, 0.2) is 0 Å². The van der Waals surface area contributed by atoms with Gasteiger partial charge in [-0.3, -0.25) is 4.79 Å². The number of hydrogen-bond donors (Lipinski definition) is 2. The SMILES string of the molecule is CNS(=O)(=O)CCNC(=O)CC(C)c1ccc(OC)cc1. The van der Waals surface area contributed by atoms with Gasteiger partial charge in [0.2, 0.25) is 15.9 Å². The number of benzene rings is 1. The minimum Gasteiger partial charge on any atom is -0.497 e. The molecule has 1 aromatic carbocycles. The van der Waals surface area contributed by atoms with Crippen molar-refractivity contribution in [2.45, 2.75) is 19.3 Å². The van der Waals surface area contributed by atoms with Gasteiger partial charge in [0, 0.05) is 13.0 Å². The van der Waals surface area contributed by atoms with Crippen LogP contribution in [0.15, 0.2) is 24.3 Å². The Labute approximate surface area is 125 Å². The van der Waals surface area contributed by atoms with E-state index in [9.17, 15) is 13.2 Å². The Morgan fingerprint density at radius 3 is 2.43 bits per heavy atom. The number of carbonyl (C=O) groups is 1. The van der Waals surface area contributed by atoms with E-state index in [1.807, 2.05) is 31.2 Å². The lowest BCUT2D eigenvalue weighted by Gasteiger charge is -2.12. The second-order valence-corrected chi connectivity index (χ2v) is 6.80. The first-order valence-corrected chi connectivity index (χ1v) is 8.35. The Morgan fingerprint density at radius 1 is 1.29 bits per heavy atom. The number of amides is 1. The maximum absolute atomic E-state index is 11.8. The van der Waals surface area contributed by atoms with Crippen molar-refractivity contribution in [2.24, 2.45) is 0 Å². The Kier molecular flexibility index (Phi) is 6.64. The van der Waals surface area contributed by atoms with Crippen LogP contribution >= 0.6 is 0 Å². The first kappa shape index (κ1) is 17.5. The third-order valence-electron chi connectivity index (χ3n) is 3.18. The maximum atomic E-state index is 11.8. The number of ether oxygens (including phenoxy) is 1. The number of methoxy groups -OCH3 is 1. The average Bonchev–Trinajstić information content (AvgIpc) is 2.47. The molecular weight excluding hydrogens is 292 g/mol. The second kappa shape index (κ2) is 7.99. The van der Waals surface area contributed by atoms with Crippen LogP contribution in [0, 0.1) is 0 Å². The summed E-state index contributed by atoms with van der Waals surface area (Å²) in [4.78, 5) is 11.8. The van der Waals surface area contributed by atoms with Gasteiger partial charge in [-0.25, -0.2) is 13.1 Å². The average molecular weight is 314 g/mol. The first-order chi connectivity index (χ1) is 9.88. The van der Waals surface area contributed by atoms with Gasteiger partial charge in [0.25, 0.3) is 0 Å². The molecule has 1 unspecified atom stereocenters. The number of nitrogens with one attached hydrogen (secondary N) is 2. The molecule has 1 atom stereocenters. The van der Waals surface area contributed by atoms with Crippen molar-refractivity contribution in [3.63, 3.8) is 0 Å². The Balaban J connectivity index is 2.43. The van der Waals surface area contributed by atoms with E-state index < -0.39 is 10.0 Å². The molecule has 0 aliphatic carbocycles. The molecule has 0 aromatic heterocycles. The highest BCUT2D eigenvalue weighted by atomic mass is 32.2. The van der Waals surface area contributed by atoms with Crippen LogP contribution in [0.25, 0.3) is 0 Å². The van der Waals surface area contributed by atoms with Crippen molar-refractivity contribution in [1.82, 2.24) is 10.0 Å². The molecule has 0 aliphatic heterocycles. The highest BCUT2D eigenvalue weighted by Gasteiger charge is 2.12. The van der Waals surface area contributed by atoms with Crippen LogP contribution < -0.4 is 14.8 Å². The monoisotopic (exact) mass is 314 g/mol. The molecule has 0 fully saturated rings. The summed E-state index contributed by atoms with van der Waals surface area (Å²) in [7, 11) is -0.330. The van der Waals surface area contributed by atoms with Crippen molar-refractivity contribution >= 4 is 15.9 Å². The van der Waals surface area contributed by atoms with E-state index >= 15 is 0 Å². The molecule has 1 amide bonds. The third-order valence-corrected chi connectivity index (χ3v) is 4.54. The second-order valence-electron chi connectivity index (χ2n) is 4.75. The van der Waals surface area contributed by atoms with Crippen LogP contribution in [0.3, 0.4) is 0 Å². The molecule has 1 aromatic rings. The topological polar surface area (TPSA) is 84.5 Å². The summed E-state index contributed by atoms with van der Waals surface area (Å²) in [5, 5.41) is 2.61. The van der Waals surface area contributed by atoms with E-state index in [4.69, 9.17) is 4.74 Å². The van der Waals surface area contributed by atoms with Crippen LogP contribution in [-0.2, 0) is 14.8 Å². The summed E-state index contributed by atoms with van der Waals surface area (Å²) in [6.07, 6.45) is 0.311. The minimum absolute atomic E-state index is 0.0526. The predicted octanol–water partition coefficient (Wildman–Crippen LogP) is 0.854. The summed E-state index contributed by atoms with van der Waals surface area (Å²) in [6.45, 7) is 2.06. The third kappa shape index (κ3) is 6.14. The van der Waals surface area contributed by atoms with Gasteiger partial charge >= 0.3 is 0 Å². The van der Waals surface area contributed by atoms with Gasteiger partial charge in [-0.1, -0.05) is 19.1 Å². The summed E-state index contributed by atoms with van der Waals surface area (Å²) in [5.41, 5.74) is 1.04. The first-order valence-electron chi connectivity index (χ1n) is 6.70. The molecule has 6 nitrogen and oxygen atoms in total. The van der Waals surface area contributed by atoms with E-state index in [1.165, 1.54) is 7.05 Å². The standard InChI is InChI=1S/C14H22N2O4S/c1-11(12-4-6-13(20-3)7-5-12)10-14(17)16-8-9-21(18,19)15-2/h4-7,11,15H,8-10H2,1-3H3,(H,16,17). The van der Waals surface area contributed by atoms with Crippen LogP contribution in [0.4, 0.5) is 0 Å². The fourth-order valence-electron chi connectivity index (χ4n) is 1.83. The van der Waals surface area contributed by atoms with Crippen LogP contribution in [-0.4, -0.2) is 40.8 Å². The summed E-state index contributed by atoms with van der Waals surface area (Å²) in [5.74, 6) is 0.542. The normalized spacial score (nSPS) is 12.7. The van der Waals surface area contributed by atoms with E-state index in [-0.39, 0.29) is 24.1 Å². The molecular formula is C14H22N2O4S. The van der Waals surface area contributed by atoms with Gasteiger partial charge < -0.3 is 10.1 Å². The van der Waals surface area contributed by atoms with Crippen molar-refractivity contribution < 1.29 is 17.9 Å². The van der Waals surface area contributed by atoms with Crippen molar-refractivity contribution in [3.8, 4) is 5.75 Å². The molecule has 0 radical (unpaired) electrons.